The lowest BCUT2D eigenvalue weighted by molar-refractivity contribution is -0.0389. The molecule has 0 atom stereocenters. The van der Waals surface area contributed by atoms with Gasteiger partial charge in [0, 0.05) is 18.8 Å². The van der Waals surface area contributed by atoms with Gasteiger partial charge < -0.3 is 14.4 Å². The Bertz CT molecular complexity index is 711. The van der Waals surface area contributed by atoms with E-state index in [1.165, 1.54) is 0 Å². The van der Waals surface area contributed by atoms with Crippen LogP contribution >= 0.6 is 0 Å². The minimum absolute atomic E-state index is 0.0543. The first kappa shape index (κ1) is 16.5. The molecular weight excluding hydrogens is 322 g/mol. The minimum Gasteiger partial charge on any atom is -0.361 e. The van der Waals surface area contributed by atoms with Crippen molar-refractivity contribution >= 4 is 5.91 Å². The number of carbonyl (C=O) groups excluding carboxylic acids is 1. The van der Waals surface area contributed by atoms with Crippen LogP contribution in [0.2, 0.25) is 0 Å². The average molecular weight is 340 g/mol. The van der Waals surface area contributed by atoms with Crippen LogP contribution in [-0.4, -0.2) is 27.1 Å². The molecular formula is C15H18F2N4O3. The van der Waals surface area contributed by atoms with Crippen molar-refractivity contribution in [2.75, 3.05) is 0 Å². The lowest BCUT2D eigenvalue weighted by Gasteiger charge is -2.26. The van der Waals surface area contributed by atoms with Gasteiger partial charge in [0.05, 0.1) is 12.2 Å². The van der Waals surface area contributed by atoms with Crippen LogP contribution in [0.1, 0.15) is 65.1 Å². The summed E-state index contributed by atoms with van der Waals surface area (Å²) in [5.74, 6) is -1.97. The molecule has 0 bridgehead atoms. The van der Waals surface area contributed by atoms with Crippen molar-refractivity contribution in [2.45, 2.75) is 57.9 Å². The predicted molar refractivity (Wildman–Crippen MR) is 77.6 cm³/mol. The molecule has 1 N–H and O–H groups in total. The largest absolute Gasteiger partial charge is 0.361 e. The summed E-state index contributed by atoms with van der Waals surface area (Å²) in [7, 11) is 0. The molecule has 0 saturated heterocycles. The van der Waals surface area contributed by atoms with E-state index in [0.29, 0.717) is 35.7 Å². The van der Waals surface area contributed by atoms with Crippen LogP contribution < -0.4 is 5.32 Å². The van der Waals surface area contributed by atoms with Crippen molar-refractivity contribution in [2.24, 2.45) is 0 Å². The van der Waals surface area contributed by atoms with Gasteiger partial charge in [-0.2, -0.15) is 4.98 Å². The van der Waals surface area contributed by atoms with Gasteiger partial charge in [0.1, 0.15) is 11.3 Å². The average Bonchev–Trinajstić information content (AvgIpc) is 3.12. The summed E-state index contributed by atoms with van der Waals surface area (Å²) in [6, 6.07) is 0. The molecule has 1 amide bonds. The number of rotatable bonds is 4. The van der Waals surface area contributed by atoms with Crippen LogP contribution in [0.4, 0.5) is 8.78 Å². The van der Waals surface area contributed by atoms with E-state index in [4.69, 9.17) is 9.05 Å². The molecule has 0 aliphatic heterocycles. The van der Waals surface area contributed by atoms with Gasteiger partial charge in [0.2, 0.25) is 11.8 Å². The zero-order valence-corrected chi connectivity index (χ0v) is 13.4. The van der Waals surface area contributed by atoms with Crippen LogP contribution in [0.15, 0.2) is 9.05 Å². The fourth-order valence-electron chi connectivity index (χ4n) is 2.86. The highest BCUT2D eigenvalue weighted by Gasteiger charge is 2.37. The normalized spacial score (nSPS) is 17.8. The fraction of sp³-hybridized carbons (Fsp3) is 0.600. The van der Waals surface area contributed by atoms with E-state index in [1.807, 2.05) is 0 Å². The molecule has 2 aromatic heterocycles. The highest BCUT2D eigenvalue weighted by molar-refractivity contribution is 5.95. The number of aryl methyl sites for hydroxylation is 2. The Hall–Kier alpha value is -2.32. The van der Waals surface area contributed by atoms with E-state index in [2.05, 4.69) is 20.6 Å². The molecule has 0 unspecified atom stereocenters. The van der Waals surface area contributed by atoms with Crippen molar-refractivity contribution in [3.05, 3.63) is 28.7 Å². The molecule has 24 heavy (non-hydrogen) atoms. The predicted octanol–water partition coefficient (Wildman–Crippen LogP) is 2.90. The third-order valence-corrected chi connectivity index (χ3v) is 4.23. The van der Waals surface area contributed by atoms with E-state index >= 15 is 0 Å². The monoisotopic (exact) mass is 340 g/mol. The molecule has 1 fully saturated rings. The Morgan fingerprint density at radius 1 is 1.25 bits per heavy atom. The molecule has 2 heterocycles. The Balaban J connectivity index is 1.58. The van der Waals surface area contributed by atoms with Crippen LogP contribution in [0.5, 0.6) is 0 Å². The summed E-state index contributed by atoms with van der Waals surface area (Å²) < 4.78 is 36.4. The summed E-state index contributed by atoms with van der Waals surface area (Å²) in [6.07, 6.45) is 0.337. The maximum atomic E-state index is 13.2. The van der Waals surface area contributed by atoms with Crippen molar-refractivity contribution in [3.8, 4) is 0 Å². The highest BCUT2D eigenvalue weighted by atomic mass is 19.3. The third kappa shape index (κ3) is 3.44. The Morgan fingerprint density at radius 2 is 1.96 bits per heavy atom. The summed E-state index contributed by atoms with van der Waals surface area (Å²) >= 11 is 0. The maximum absolute atomic E-state index is 13.2. The van der Waals surface area contributed by atoms with Crippen molar-refractivity contribution in [1.29, 1.82) is 0 Å². The number of nitrogens with one attached hydrogen (secondary N) is 1. The van der Waals surface area contributed by atoms with Crippen molar-refractivity contribution in [1.82, 2.24) is 20.6 Å². The van der Waals surface area contributed by atoms with E-state index in [0.717, 1.165) is 0 Å². The van der Waals surface area contributed by atoms with Gasteiger partial charge in [-0.15, -0.1) is 0 Å². The van der Waals surface area contributed by atoms with Gasteiger partial charge in [-0.3, -0.25) is 4.79 Å². The molecule has 2 aromatic rings. The van der Waals surface area contributed by atoms with E-state index in [-0.39, 0.29) is 37.1 Å². The first-order valence-corrected chi connectivity index (χ1v) is 7.77. The SMILES string of the molecule is Cc1noc(C)c1C(=O)NCc1nc(C2CCC(F)(F)CC2)no1. The molecule has 130 valence electrons. The highest BCUT2D eigenvalue weighted by Crippen LogP contribution is 2.39. The topological polar surface area (TPSA) is 94.1 Å². The van der Waals surface area contributed by atoms with Gasteiger partial charge in [0.15, 0.2) is 5.82 Å². The van der Waals surface area contributed by atoms with E-state index in [9.17, 15) is 13.6 Å². The minimum atomic E-state index is -2.59. The van der Waals surface area contributed by atoms with Crippen molar-refractivity contribution in [3.63, 3.8) is 0 Å². The smallest absolute Gasteiger partial charge is 0.257 e. The maximum Gasteiger partial charge on any atom is 0.257 e. The number of aromatic nitrogens is 3. The number of nitrogens with zero attached hydrogens (tertiary/aromatic N) is 3. The van der Waals surface area contributed by atoms with Crippen LogP contribution in [0.25, 0.3) is 0 Å². The van der Waals surface area contributed by atoms with Gasteiger partial charge in [-0.25, -0.2) is 8.78 Å². The molecule has 1 aliphatic carbocycles. The lowest BCUT2D eigenvalue weighted by atomic mass is 9.86. The van der Waals surface area contributed by atoms with E-state index in [1.54, 1.807) is 13.8 Å². The van der Waals surface area contributed by atoms with Crippen LogP contribution in [-0.2, 0) is 6.54 Å². The molecule has 9 heteroatoms. The standard InChI is InChI=1S/C15H18F2N4O3/c1-8-12(9(2)23-20-8)14(22)18-7-11-19-13(21-24-11)10-3-5-15(16,17)6-4-10/h10H,3-7H2,1-2H3,(H,18,22). The first-order chi connectivity index (χ1) is 11.4. The zero-order chi connectivity index (χ0) is 17.3. The molecule has 0 radical (unpaired) electrons. The summed E-state index contributed by atoms with van der Waals surface area (Å²) in [5, 5.41) is 10.2. The summed E-state index contributed by atoms with van der Waals surface area (Å²) in [6.45, 7) is 3.38. The van der Waals surface area contributed by atoms with Gasteiger partial charge in [-0.1, -0.05) is 10.3 Å². The van der Waals surface area contributed by atoms with Gasteiger partial charge in [0.25, 0.3) is 5.91 Å². The Labute approximate surface area is 136 Å². The Kier molecular flexibility index (Phi) is 4.33. The number of carbonyl (C=O) groups is 1. The summed E-state index contributed by atoms with van der Waals surface area (Å²) in [4.78, 5) is 16.3. The summed E-state index contributed by atoms with van der Waals surface area (Å²) in [5.41, 5.74) is 0.878. The number of halogens is 2. The lowest BCUT2D eigenvalue weighted by Crippen LogP contribution is -2.25. The third-order valence-electron chi connectivity index (χ3n) is 4.23. The second-order valence-corrected chi connectivity index (χ2v) is 6.06. The zero-order valence-electron chi connectivity index (χ0n) is 13.4. The molecule has 1 saturated carbocycles. The number of hydrogen-bond acceptors (Lipinski definition) is 6. The number of alkyl halides is 2. The molecule has 3 rings (SSSR count). The van der Waals surface area contributed by atoms with Crippen LogP contribution in [0, 0.1) is 13.8 Å². The number of amides is 1. The second kappa shape index (κ2) is 6.29. The first-order valence-electron chi connectivity index (χ1n) is 7.77. The Morgan fingerprint density at radius 3 is 2.58 bits per heavy atom. The molecule has 0 aromatic carbocycles. The molecule has 1 aliphatic rings. The fourth-order valence-corrected chi connectivity index (χ4v) is 2.86. The number of hydrogen-bond donors (Lipinski definition) is 1. The van der Waals surface area contributed by atoms with E-state index < -0.39 is 5.92 Å². The molecule has 7 nitrogen and oxygen atoms in total. The van der Waals surface area contributed by atoms with Gasteiger partial charge in [-0.05, 0) is 26.7 Å². The van der Waals surface area contributed by atoms with Crippen molar-refractivity contribution < 1.29 is 22.6 Å². The van der Waals surface area contributed by atoms with Gasteiger partial charge >= 0.3 is 0 Å². The quantitative estimate of drug-likeness (QED) is 0.920. The molecule has 0 spiro atoms. The second-order valence-electron chi connectivity index (χ2n) is 6.06. The van der Waals surface area contributed by atoms with Crippen LogP contribution in [0.3, 0.4) is 0 Å².